The third-order valence-electron chi connectivity index (χ3n) is 5.57. The maximum absolute atomic E-state index is 13.4. The maximum atomic E-state index is 13.4. The minimum Gasteiger partial charge on any atom is -0.326 e. The van der Waals surface area contributed by atoms with Gasteiger partial charge < -0.3 is 11.1 Å². The third-order valence-corrected chi connectivity index (χ3v) is 5.57. The molecule has 1 amide bonds. The Hall–Kier alpha value is -1.42. The standard InChI is InChI=1S/C16H19FN2O/c17-12-4-3-11(6-10(12)7-18)19-16(20)15-13-8-1-2-9(5-8)14(13)15/h3-4,6,8-9,13-15H,1-2,5,7,18H2,(H,19,20). The van der Waals surface area contributed by atoms with Crippen LogP contribution in [0.15, 0.2) is 18.2 Å². The summed E-state index contributed by atoms with van der Waals surface area (Å²) in [5.41, 5.74) is 6.59. The lowest BCUT2D eigenvalue weighted by molar-refractivity contribution is -0.118. The van der Waals surface area contributed by atoms with Crippen LogP contribution in [-0.2, 0) is 11.3 Å². The predicted molar refractivity (Wildman–Crippen MR) is 74.2 cm³/mol. The normalized spacial score (nSPS) is 36.8. The highest BCUT2D eigenvalue weighted by Crippen LogP contribution is 2.69. The zero-order valence-electron chi connectivity index (χ0n) is 11.3. The van der Waals surface area contributed by atoms with Crippen LogP contribution in [0, 0.1) is 35.4 Å². The van der Waals surface area contributed by atoms with E-state index in [0.717, 1.165) is 11.8 Å². The molecule has 4 heteroatoms. The molecule has 0 aromatic heterocycles. The lowest BCUT2D eigenvalue weighted by atomic mass is 10.0. The Morgan fingerprint density at radius 1 is 1.30 bits per heavy atom. The molecule has 3 aliphatic carbocycles. The summed E-state index contributed by atoms with van der Waals surface area (Å²) in [6.45, 7) is 0.147. The minimum absolute atomic E-state index is 0.117. The molecule has 106 valence electrons. The number of halogens is 1. The molecule has 3 saturated carbocycles. The van der Waals surface area contributed by atoms with Crippen LogP contribution in [-0.4, -0.2) is 5.91 Å². The highest BCUT2D eigenvalue weighted by atomic mass is 19.1. The number of carbonyl (C=O) groups excluding carboxylic acids is 1. The van der Waals surface area contributed by atoms with E-state index < -0.39 is 0 Å². The Morgan fingerprint density at radius 3 is 2.65 bits per heavy atom. The number of fused-ring (bicyclic) bond motifs is 5. The molecule has 3 N–H and O–H groups in total. The number of hydrogen-bond acceptors (Lipinski definition) is 2. The Balaban J connectivity index is 1.46. The lowest BCUT2D eigenvalue weighted by Gasteiger charge is -2.10. The Labute approximate surface area is 117 Å². The molecule has 0 radical (unpaired) electrons. The summed E-state index contributed by atoms with van der Waals surface area (Å²) >= 11 is 0. The summed E-state index contributed by atoms with van der Waals surface area (Å²) < 4.78 is 13.4. The molecule has 1 aromatic rings. The van der Waals surface area contributed by atoms with Crippen molar-refractivity contribution in [1.82, 2.24) is 0 Å². The molecule has 4 unspecified atom stereocenters. The Kier molecular flexibility index (Phi) is 2.64. The molecule has 0 spiro atoms. The molecule has 2 bridgehead atoms. The fraction of sp³-hybridized carbons (Fsp3) is 0.562. The third kappa shape index (κ3) is 1.71. The quantitative estimate of drug-likeness (QED) is 0.890. The molecule has 0 heterocycles. The van der Waals surface area contributed by atoms with Gasteiger partial charge in [-0.25, -0.2) is 4.39 Å². The van der Waals surface area contributed by atoms with Crippen LogP contribution in [0.5, 0.6) is 0 Å². The molecular weight excluding hydrogens is 255 g/mol. The zero-order valence-corrected chi connectivity index (χ0v) is 11.3. The van der Waals surface area contributed by atoms with E-state index in [9.17, 15) is 9.18 Å². The number of nitrogens with one attached hydrogen (secondary N) is 1. The monoisotopic (exact) mass is 274 g/mol. The second-order valence-electron chi connectivity index (χ2n) is 6.51. The summed E-state index contributed by atoms with van der Waals surface area (Å²) in [6, 6.07) is 4.62. The van der Waals surface area contributed by atoms with Crippen molar-refractivity contribution in [2.75, 3.05) is 5.32 Å². The van der Waals surface area contributed by atoms with Gasteiger partial charge in [0, 0.05) is 23.7 Å². The van der Waals surface area contributed by atoms with E-state index in [-0.39, 0.29) is 24.2 Å². The molecule has 1 aromatic carbocycles. The van der Waals surface area contributed by atoms with Crippen molar-refractivity contribution in [2.45, 2.75) is 25.8 Å². The van der Waals surface area contributed by atoms with E-state index in [2.05, 4.69) is 5.32 Å². The largest absolute Gasteiger partial charge is 0.326 e. The Morgan fingerprint density at radius 2 is 2.00 bits per heavy atom. The first-order valence-corrected chi connectivity index (χ1v) is 7.48. The van der Waals surface area contributed by atoms with E-state index in [1.807, 2.05) is 0 Å². The summed E-state index contributed by atoms with van der Waals surface area (Å²) in [5, 5.41) is 2.94. The van der Waals surface area contributed by atoms with E-state index in [1.54, 1.807) is 12.1 Å². The lowest BCUT2D eigenvalue weighted by Crippen LogP contribution is -2.18. The van der Waals surface area contributed by atoms with Crippen molar-refractivity contribution in [3.63, 3.8) is 0 Å². The average molecular weight is 274 g/mol. The van der Waals surface area contributed by atoms with Gasteiger partial charge in [-0.3, -0.25) is 4.79 Å². The first kappa shape index (κ1) is 12.3. The van der Waals surface area contributed by atoms with Crippen molar-refractivity contribution >= 4 is 11.6 Å². The van der Waals surface area contributed by atoms with Crippen LogP contribution in [0.25, 0.3) is 0 Å². The number of hydrogen-bond donors (Lipinski definition) is 2. The molecule has 0 aliphatic heterocycles. The van der Waals surface area contributed by atoms with Crippen LogP contribution >= 0.6 is 0 Å². The van der Waals surface area contributed by atoms with E-state index in [4.69, 9.17) is 5.73 Å². The molecule has 4 atom stereocenters. The van der Waals surface area contributed by atoms with Gasteiger partial charge in [0.2, 0.25) is 5.91 Å². The minimum atomic E-state index is -0.313. The van der Waals surface area contributed by atoms with Gasteiger partial charge in [-0.1, -0.05) is 0 Å². The zero-order chi connectivity index (χ0) is 13.9. The number of carbonyl (C=O) groups is 1. The summed E-state index contributed by atoms with van der Waals surface area (Å²) in [7, 11) is 0. The van der Waals surface area contributed by atoms with Gasteiger partial charge >= 0.3 is 0 Å². The highest BCUT2D eigenvalue weighted by Gasteiger charge is 2.67. The Bertz CT molecular complexity index is 558. The number of nitrogens with two attached hydrogens (primary N) is 1. The topological polar surface area (TPSA) is 55.1 Å². The number of amides is 1. The molecule has 4 rings (SSSR count). The summed E-state index contributed by atoms with van der Waals surface area (Å²) in [6.07, 6.45) is 3.96. The van der Waals surface area contributed by atoms with Crippen LogP contribution in [0.3, 0.4) is 0 Å². The second-order valence-corrected chi connectivity index (χ2v) is 6.51. The van der Waals surface area contributed by atoms with Crippen molar-refractivity contribution < 1.29 is 9.18 Å². The van der Waals surface area contributed by atoms with Gasteiger partial charge in [0.25, 0.3) is 0 Å². The van der Waals surface area contributed by atoms with Gasteiger partial charge in [0.1, 0.15) is 5.82 Å². The fourth-order valence-corrected chi connectivity index (χ4v) is 4.71. The molecule has 3 aliphatic rings. The molecule has 3 nitrogen and oxygen atoms in total. The SMILES string of the molecule is NCc1cc(NC(=O)C2C3C4CCC(C4)C23)ccc1F. The van der Waals surface area contributed by atoms with Crippen molar-refractivity contribution in [2.24, 2.45) is 35.3 Å². The van der Waals surface area contributed by atoms with E-state index in [1.165, 1.54) is 25.3 Å². The number of anilines is 1. The van der Waals surface area contributed by atoms with Crippen LogP contribution < -0.4 is 11.1 Å². The van der Waals surface area contributed by atoms with Gasteiger partial charge in [0.05, 0.1) is 0 Å². The summed E-state index contributed by atoms with van der Waals surface area (Å²) in [5.74, 6) is 2.83. The van der Waals surface area contributed by atoms with Gasteiger partial charge in [-0.15, -0.1) is 0 Å². The van der Waals surface area contributed by atoms with Crippen molar-refractivity contribution in [1.29, 1.82) is 0 Å². The highest BCUT2D eigenvalue weighted by molar-refractivity contribution is 5.95. The average Bonchev–Trinajstić information content (AvgIpc) is 2.90. The number of rotatable bonds is 3. The number of benzene rings is 1. The van der Waals surface area contributed by atoms with Crippen molar-refractivity contribution in [3.8, 4) is 0 Å². The van der Waals surface area contributed by atoms with E-state index >= 15 is 0 Å². The molecule has 3 fully saturated rings. The van der Waals surface area contributed by atoms with Gasteiger partial charge in [-0.2, -0.15) is 0 Å². The molecule has 20 heavy (non-hydrogen) atoms. The van der Waals surface area contributed by atoms with Crippen molar-refractivity contribution in [3.05, 3.63) is 29.6 Å². The van der Waals surface area contributed by atoms with Crippen LogP contribution in [0.2, 0.25) is 0 Å². The molecular formula is C16H19FN2O. The van der Waals surface area contributed by atoms with Gasteiger partial charge in [-0.05, 0) is 61.1 Å². The first-order chi connectivity index (χ1) is 9.69. The molecule has 0 saturated heterocycles. The summed E-state index contributed by atoms with van der Waals surface area (Å²) in [4.78, 5) is 12.4. The first-order valence-electron chi connectivity index (χ1n) is 7.48. The van der Waals surface area contributed by atoms with Crippen LogP contribution in [0.1, 0.15) is 24.8 Å². The predicted octanol–water partition coefficient (Wildman–Crippen LogP) is 2.52. The maximum Gasteiger partial charge on any atom is 0.228 e. The van der Waals surface area contributed by atoms with E-state index in [0.29, 0.717) is 23.1 Å². The van der Waals surface area contributed by atoms with Crippen LogP contribution in [0.4, 0.5) is 10.1 Å². The van der Waals surface area contributed by atoms with Gasteiger partial charge in [0.15, 0.2) is 0 Å². The second kappa shape index (κ2) is 4.29. The smallest absolute Gasteiger partial charge is 0.228 e. The fourth-order valence-electron chi connectivity index (χ4n) is 4.71.